The lowest BCUT2D eigenvalue weighted by atomic mass is 10.1. The smallest absolute Gasteiger partial charge is 0.422 e. The van der Waals surface area contributed by atoms with E-state index in [0.29, 0.717) is 16.9 Å². The van der Waals surface area contributed by atoms with Gasteiger partial charge in [-0.05, 0) is 25.0 Å². The molecule has 2 heterocycles. The normalized spacial score (nSPS) is 11.7. The lowest BCUT2D eigenvalue weighted by molar-refractivity contribution is -0.161. The van der Waals surface area contributed by atoms with Crippen molar-refractivity contribution < 1.29 is 22.7 Å². The summed E-state index contributed by atoms with van der Waals surface area (Å²) in [6.07, 6.45) is -2.93. The molecule has 0 N–H and O–H groups in total. The minimum atomic E-state index is -4.59. The first-order valence-corrected chi connectivity index (χ1v) is 7.55. The van der Waals surface area contributed by atoms with Crippen molar-refractivity contribution >= 4 is 11.6 Å². The summed E-state index contributed by atoms with van der Waals surface area (Å²) in [7, 11) is 0. The van der Waals surface area contributed by atoms with Crippen molar-refractivity contribution in [1.29, 1.82) is 0 Å². The predicted octanol–water partition coefficient (Wildman–Crippen LogP) is 4.34. The Morgan fingerprint density at radius 3 is 2.52 bits per heavy atom. The van der Waals surface area contributed by atoms with Gasteiger partial charge in [0.2, 0.25) is 0 Å². The zero-order valence-electron chi connectivity index (χ0n) is 13.6. The first kappa shape index (κ1) is 17.0. The van der Waals surface area contributed by atoms with Gasteiger partial charge in [-0.3, -0.25) is 4.40 Å². The Morgan fingerprint density at radius 1 is 1.20 bits per heavy atom. The lowest BCUT2D eigenvalue weighted by Gasteiger charge is -2.09. The third-order valence-corrected chi connectivity index (χ3v) is 3.65. The molecule has 0 radical (unpaired) electrons. The maximum atomic E-state index is 12.4. The van der Waals surface area contributed by atoms with Crippen LogP contribution in [0.15, 0.2) is 42.6 Å². The molecule has 2 aromatic heterocycles. The molecule has 0 aliphatic heterocycles. The van der Waals surface area contributed by atoms with Crippen molar-refractivity contribution in [2.24, 2.45) is 0 Å². The number of benzene rings is 1. The number of rotatable bonds is 3. The SMILES string of the molecule is Cc1cc(C)c2nc(-c3ccccc3)c(C(=O)OCC(F)(F)F)n2c1. The molecule has 0 bridgehead atoms. The fourth-order valence-electron chi connectivity index (χ4n) is 2.69. The maximum Gasteiger partial charge on any atom is 0.422 e. The highest BCUT2D eigenvalue weighted by molar-refractivity contribution is 5.96. The highest BCUT2D eigenvalue weighted by atomic mass is 19.4. The van der Waals surface area contributed by atoms with Crippen LogP contribution in [0, 0.1) is 13.8 Å². The third-order valence-electron chi connectivity index (χ3n) is 3.65. The van der Waals surface area contributed by atoms with Gasteiger partial charge in [0.15, 0.2) is 12.3 Å². The summed E-state index contributed by atoms with van der Waals surface area (Å²) in [5.41, 5.74) is 3.07. The largest absolute Gasteiger partial charge is 0.451 e. The summed E-state index contributed by atoms with van der Waals surface area (Å²) in [6, 6.07) is 10.7. The summed E-state index contributed by atoms with van der Waals surface area (Å²) < 4.78 is 43.2. The first-order valence-electron chi connectivity index (χ1n) is 7.55. The summed E-state index contributed by atoms with van der Waals surface area (Å²) >= 11 is 0. The monoisotopic (exact) mass is 348 g/mol. The number of nitrogens with zero attached hydrogens (tertiary/aromatic N) is 2. The molecule has 25 heavy (non-hydrogen) atoms. The van der Waals surface area contributed by atoms with Crippen LogP contribution in [0.2, 0.25) is 0 Å². The summed E-state index contributed by atoms with van der Waals surface area (Å²) in [5.74, 6) is -1.06. The Labute approximate surface area is 141 Å². The summed E-state index contributed by atoms with van der Waals surface area (Å²) in [4.78, 5) is 16.9. The average Bonchev–Trinajstić information content (AvgIpc) is 2.92. The van der Waals surface area contributed by atoms with E-state index in [1.165, 1.54) is 4.40 Å². The molecule has 0 saturated heterocycles. The number of pyridine rings is 1. The van der Waals surface area contributed by atoms with Gasteiger partial charge in [0, 0.05) is 11.8 Å². The van der Waals surface area contributed by atoms with Gasteiger partial charge < -0.3 is 4.74 Å². The van der Waals surface area contributed by atoms with Crippen LogP contribution in [0.25, 0.3) is 16.9 Å². The van der Waals surface area contributed by atoms with Crippen molar-refractivity contribution in [3.8, 4) is 11.3 Å². The van der Waals surface area contributed by atoms with Gasteiger partial charge in [-0.25, -0.2) is 9.78 Å². The van der Waals surface area contributed by atoms with E-state index in [0.717, 1.165) is 11.1 Å². The number of carbonyl (C=O) groups excluding carboxylic acids is 1. The number of alkyl halides is 3. The molecule has 1 aromatic carbocycles. The van der Waals surface area contributed by atoms with Crippen molar-refractivity contribution in [2.45, 2.75) is 20.0 Å². The maximum absolute atomic E-state index is 12.4. The first-order chi connectivity index (χ1) is 11.8. The van der Waals surface area contributed by atoms with E-state index in [1.807, 2.05) is 19.9 Å². The van der Waals surface area contributed by atoms with Crippen molar-refractivity contribution in [1.82, 2.24) is 9.38 Å². The molecule has 130 valence electrons. The second-order valence-electron chi connectivity index (χ2n) is 5.76. The standard InChI is InChI=1S/C18H15F3N2O2/c1-11-8-12(2)16-22-14(13-6-4-3-5-7-13)15(23(16)9-11)17(24)25-10-18(19,20)21/h3-9H,10H2,1-2H3. The molecular formula is C18H15F3N2O2. The van der Waals surface area contributed by atoms with Crippen LogP contribution < -0.4 is 0 Å². The Bertz CT molecular complexity index is 931. The number of esters is 1. The molecule has 0 amide bonds. The molecule has 0 fully saturated rings. The minimum Gasteiger partial charge on any atom is -0.451 e. The molecular weight excluding hydrogens is 333 g/mol. The Kier molecular flexibility index (Phi) is 4.24. The van der Waals surface area contributed by atoms with Crippen LogP contribution >= 0.6 is 0 Å². The summed E-state index contributed by atoms with van der Waals surface area (Å²) in [6.45, 7) is 2.02. The molecule has 0 saturated carbocycles. The van der Waals surface area contributed by atoms with Gasteiger partial charge >= 0.3 is 12.1 Å². The molecule has 7 heteroatoms. The fraction of sp³-hybridized carbons (Fsp3) is 0.222. The van der Waals surface area contributed by atoms with E-state index in [9.17, 15) is 18.0 Å². The Morgan fingerprint density at radius 2 is 1.88 bits per heavy atom. The van der Waals surface area contributed by atoms with Crippen LogP contribution in [0.1, 0.15) is 21.6 Å². The zero-order valence-corrected chi connectivity index (χ0v) is 13.6. The molecule has 0 aliphatic rings. The minimum absolute atomic E-state index is 0.0164. The third kappa shape index (κ3) is 3.50. The number of halogens is 3. The van der Waals surface area contributed by atoms with Gasteiger partial charge in [-0.2, -0.15) is 13.2 Å². The highest BCUT2D eigenvalue weighted by Gasteiger charge is 2.31. The zero-order chi connectivity index (χ0) is 18.2. The molecule has 4 nitrogen and oxygen atoms in total. The second kappa shape index (κ2) is 6.23. The Balaban J connectivity index is 2.18. The van der Waals surface area contributed by atoms with Crippen LogP contribution in [-0.2, 0) is 4.74 Å². The number of aryl methyl sites for hydroxylation is 2. The molecule has 3 rings (SSSR count). The van der Waals surface area contributed by atoms with Gasteiger partial charge in [-0.1, -0.05) is 36.4 Å². The number of carbonyl (C=O) groups is 1. The molecule has 0 aliphatic carbocycles. The number of aromatic nitrogens is 2. The topological polar surface area (TPSA) is 43.6 Å². The number of hydrogen-bond acceptors (Lipinski definition) is 3. The highest BCUT2D eigenvalue weighted by Crippen LogP contribution is 2.27. The number of hydrogen-bond donors (Lipinski definition) is 0. The predicted molar refractivity (Wildman–Crippen MR) is 86.4 cm³/mol. The number of ether oxygens (including phenoxy) is 1. The van der Waals surface area contributed by atoms with Crippen LogP contribution in [0.3, 0.4) is 0 Å². The van der Waals surface area contributed by atoms with E-state index in [2.05, 4.69) is 9.72 Å². The summed E-state index contributed by atoms with van der Waals surface area (Å²) in [5, 5.41) is 0. The van der Waals surface area contributed by atoms with E-state index in [4.69, 9.17) is 0 Å². The van der Waals surface area contributed by atoms with Gasteiger partial charge in [0.05, 0.1) is 0 Å². The second-order valence-corrected chi connectivity index (χ2v) is 5.76. The van der Waals surface area contributed by atoms with Gasteiger partial charge in [-0.15, -0.1) is 0 Å². The van der Waals surface area contributed by atoms with E-state index in [1.54, 1.807) is 36.5 Å². The van der Waals surface area contributed by atoms with Crippen molar-refractivity contribution in [3.05, 3.63) is 59.4 Å². The van der Waals surface area contributed by atoms with E-state index in [-0.39, 0.29) is 5.69 Å². The van der Waals surface area contributed by atoms with Crippen LogP contribution in [-0.4, -0.2) is 28.1 Å². The molecule has 0 spiro atoms. The quantitative estimate of drug-likeness (QED) is 0.662. The van der Waals surface area contributed by atoms with E-state index < -0.39 is 18.8 Å². The Hall–Kier alpha value is -2.83. The van der Waals surface area contributed by atoms with Crippen molar-refractivity contribution in [2.75, 3.05) is 6.61 Å². The average molecular weight is 348 g/mol. The van der Waals surface area contributed by atoms with Crippen molar-refractivity contribution in [3.63, 3.8) is 0 Å². The molecule has 3 aromatic rings. The van der Waals surface area contributed by atoms with Gasteiger partial charge in [0.25, 0.3) is 0 Å². The van der Waals surface area contributed by atoms with Crippen LogP contribution in [0.4, 0.5) is 13.2 Å². The molecule has 0 atom stereocenters. The van der Waals surface area contributed by atoms with E-state index >= 15 is 0 Å². The number of imidazole rings is 1. The van der Waals surface area contributed by atoms with Crippen LogP contribution in [0.5, 0.6) is 0 Å². The molecule has 0 unspecified atom stereocenters. The van der Waals surface area contributed by atoms with Gasteiger partial charge in [0.1, 0.15) is 11.3 Å². The fourth-order valence-corrected chi connectivity index (χ4v) is 2.69. The lowest BCUT2D eigenvalue weighted by Crippen LogP contribution is -2.21. The number of fused-ring (bicyclic) bond motifs is 1.